The zero-order chi connectivity index (χ0) is 15.8. The summed E-state index contributed by atoms with van der Waals surface area (Å²) in [6.45, 7) is 2.03. The number of quaternary nitrogens is 2. The van der Waals surface area contributed by atoms with Gasteiger partial charge in [-0.3, -0.25) is 0 Å². The van der Waals surface area contributed by atoms with Gasteiger partial charge in [0.05, 0.1) is 41.3 Å². The summed E-state index contributed by atoms with van der Waals surface area (Å²) in [6.07, 6.45) is 4.14. The second-order valence-electron chi connectivity index (χ2n) is 6.84. The molecule has 0 amide bonds. The molecule has 0 fully saturated rings. The quantitative estimate of drug-likeness (QED) is 0.322. The highest BCUT2D eigenvalue weighted by molar-refractivity contribution is 5.68. The lowest BCUT2D eigenvalue weighted by molar-refractivity contribution is -0.884. The minimum absolute atomic E-state index is 0. The number of carboxylic acids is 2. The molecule has 7 heteroatoms. The number of hydrogen-bond donors (Lipinski definition) is 2. The molecule has 21 heavy (non-hydrogen) atoms. The van der Waals surface area contributed by atoms with Crippen molar-refractivity contribution in [2.75, 3.05) is 54.4 Å². The Morgan fingerprint density at radius 2 is 1.00 bits per heavy atom. The Morgan fingerprint density at radius 1 is 0.714 bits per heavy atom. The summed E-state index contributed by atoms with van der Waals surface area (Å²) >= 11 is 0. The van der Waals surface area contributed by atoms with Crippen molar-refractivity contribution < 1.29 is 45.7 Å². The molecule has 0 spiro atoms. The number of likely N-dealkylation sites (N-methyl/N-ethyl adjacent to an activating group) is 2. The van der Waals surface area contributed by atoms with Crippen molar-refractivity contribution in [1.29, 1.82) is 0 Å². The van der Waals surface area contributed by atoms with Gasteiger partial charge in [-0.05, 0) is 25.7 Å². The van der Waals surface area contributed by atoms with Gasteiger partial charge in [-0.2, -0.15) is 0 Å². The van der Waals surface area contributed by atoms with Crippen molar-refractivity contribution in [2.24, 2.45) is 0 Å². The van der Waals surface area contributed by atoms with Crippen LogP contribution in [0.5, 0.6) is 0 Å². The number of aliphatic carboxylic acids is 2. The molecule has 0 unspecified atom stereocenters. The number of rotatable bonds is 11. The minimum Gasteiger partial charge on any atom is -1.00 e. The van der Waals surface area contributed by atoms with E-state index in [0.29, 0.717) is 8.97 Å². The molecule has 0 aromatic rings. The van der Waals surface area contributed by atoms with E-state index in [1.165, 1.54) is 0 Å². The number of unbranched alkanes of at least 4 members (excludes halogenated alkanes) is 3. The molecule has 2 N–H and O–H groups in total. The summed E-state index contributed by atoms with van der Waals surface area (Å²) in [6, 6.07) is 0. The second-order valence-corrected chi connectivity index (χ2v) is 6.84. The molecule has 6 nitrogen and oxygen atoms in total. The van der Waals surface area contributed by atoms with E-state index in [0.717, 1.165) is 38.8 Å². The van der Waals surface area contributed by atoms with Crippen LogP contribution in [0.4, 0.5) is 0 Å². The third-order valence-corrected chi connectivity index (χ3v) is 3.40. The highest BCUT2D eigenvalue weighted by Crippen LogP contribution is 2.08. The fourth-order valence-corrected chi connectivity index (χ4v) is 2.32. The van der Waals surface area contributed by atoms with Gasteiger partial charge in [-0.25, -0.2) is 9.59 Å². The lowest BCUT2D eigenvalue weighted by Gasteiger charge is -2.28. The molecule has 0 heterocycles. The Hall–Kier alpha value is -0.660. The molecule has 126 valence electrons. The van der Waals surface area contributed by atoms with Crippen molar-refractivity contribution in [1.82, 2.24) is 0 Å². The van der Waals surface area contributed by atoms with Crippen LogP contribution in [0.3, 0.4) is 0 Å². The lowest BCUT2D eigenvalue weighted by atomic mass is 10.1. The molecule has 0 atom stereocenters. The molecule has 0 saturated carbocycles. The average molecular weight is 370 g/mol. The first-order valence-corrected chi connectivity index (χ1v) is 7.12. The maximum Gasteiger partial charge on any atom is 0.359 e. The Kier molecular flexibility index (Phi) is 10.9. The van der Waals surface area contributed by atoms with Crippen molar-refractivity contribution >= 4 is 11.9 Å². The van der Waals surface area contributed by atoms with Crippen molar-refractivity contribution in [3.63, 3.8) is 0 Å². The largest absolute Gasteiger partial charge is 1.00 e. The molecule has 0 saturated heterocycles. The van der Waals surface area contributed by atoms with E-state index >= 15 is 0 Å². The van der Waals surface area contributed by atoms with Gasteiger partial charge in [-0.15, -0.1) is 0 Å². The molecule has 0 aliphatic heterocycles. The smallest absolute Gasteiger partial charge is 0.359 e. The Morgan fingerprint density at radius 3 is 1.24 bits per heavy atom. The Balaban J connectivity index is 0. The van der Waals surface area contributed by atoms with E-state index in [9.17, 15) is 9.59 Å². The van der Waals surface area contributed by atoms with E-state index in [4.69, 9.17) is 10.2 Å². The molecule has 0 aliphatic rings. The number of nitrogens with zero attached hydrogens (tertiary/aromatic N) is 2. The minimum atomic E-state index is -0.761. The predicted molar refractivity (Wildman–Crippen MR) is 77.4 cm³/mol. The second kappa shape index (κ2) is 10.1. The maximum absolute atomic E-state index is 10.7. The van der Waals surface area contributed by atoms with Gasteiger partial charge in [0.25, 0.3) is 0 Å². The van der Waals surface area contributed by atoms with Crippen LogP contribution in [0, 0.1) is 0 Å². The van der Waals surface area contributed by atoms with E-state index in [2.05, 4.69) is 0 Å². The van der Waals surface area contributed by atoms with Gasteiger partial charge in [0.2, 0.25) is 0 Å². The van der Waals surface area contributed by atoms with Crippen LogP contribution in [-0.2, 0) is 9.59 Å². The standard InChI is InChI=1S/C14H28N2O4.BrH/c1-15(2,11-13(17)18)9-7-5-6-8-10-16(3,4)12-14(19)20;/h5-12H2,1-4H3;1H/p+1. The zero-order valence-corrected chi connectivity index (χ0v) is 15.2. The first-order valence-electron chi connectivity index (χ1n) is 7.12. The molecule has 0 rings (SSSR count). The van der Waals surface area contributed by atoms with Gasteiger partial charge in [0.1, 0.15) is 0 Å². The highest BCUT2D eigenvalue weighted by Gasteiger charge is 2.20. The molecular formula is C14H30BrN2O4+. The summed E-state index contributed by atoms with van der Waals surface area (Å²) < 4.78 is 1.02. The SMILES string of the molecule is C[N+](C)(CCCCCC[N+](C)(C)CC(=O)O)CC(=O)O.[Br-]. The third-order valence-electron chi connectivity index (χ3n) is 3.40. The van der Waals surface area contributed by atoms with E-state index < -0.39 is 11.9 Å². The predicted octanol–water partition coefficient (Wildman–Crippen LogP) is -2.13. The molecule has 0 radical (unpaired) electrons. The van der Waals surface area contributed by atoms with Crippen molar-refractivity contribution in [3.8, 4) is 0 Å². The fraction of sp³-hybridized carbons (Fsp3) is 0.857. The molecular weight excluding hydrogens is 340 g/mol. The summed E-state index contributed by atoms with van der Waals surface area (Å²) in [5, 5.41) is 17.6. The average Bonchev–Trinajstić information content (AvgIpc) is 2.19. The zero-order valence-electron chi connectivity index (χ0n) is 13.6. The molecule has 0 aromatic carbocycles. The summed E-state index contributed by atoms with van der Waals surface area (Å²) in [5.41, 5.74) is 0. The Labute approximate surface area is 138 Å². The molecule has 0 bridgehead atoms. The summed E-state index contributed by atoms with van der Waals surface area (Å²) in [7, 11) is 7.73. The first kappa shape index (κ1) is 22.6. The van der Waals surface area contributed by atoms with Crippen LogP contribution in [0.2, 0.25) is 0 Å². The van der Waals surface area contributed by atoms with Crippen LogP contribution < -0.4 is 17.0 Å². The number of hydrogen-bond acceptors (Lipinski definition) is 2. The monoisotopic (exact) mass is 369 g/mol. The van der Waals surface area contributed by atoms with Gasteiger partial charge < -0.3 is 36.2 Å². The lowest BCUT2D eigenvalue weighted by Crippen LogP contribution is -3.00. The summed E-state index contributed by atoms with van der Waals surface area (Å²) in [4.78, 5) is 21.4. The van der Waals surface area contributed by atoms with Crippen LogP contribution in [-0.4, -0.2) is 85.5 Å². The van der Waals surface area contributed by atoms with Gasteiger partial charge in [-0.1, -0.05) is 0 Å². The van der Waals surface area contributed by atoms with Crippen LogP contribution >= 0.6 is 0 Å². The number of carbonyl (C=O) groups is 2. The van der Waals surface area contributed by atoms with E-state index in [1.807, 2.05) is 28.2 Å². The van der Waals surface area contributed by atoms with Crippen molar-refractivity contribution in [3.05, 3.63) is 0 Å². The number of carboxylic acid groups (broad SMARTS) is 2. The Bertz CT molecular complexity index is 301. The normalized spacial score (nSPS) is 11.8. The highest BCUT2D eigenvalue weighted by atomic mass is 79.9. The maximum atomic E-state index is 10.7. The molecule has 0 aliphatic carbocycles. The van der Waals surface area contributed by atoms with Gasteiger partial charge in [0.15, 0.2) is 13.1 Å². The number of halogens is 1. The van der Waals surface area contributed by atoms with Gasteiger partial charge in [0, 0.05) is 0 Å². The fourth-order valence-electron chi connectivity index (χ4n) is 2.32. The van der Waals surface area contributed by atoms with E-state index in [1.54, 1.807) is 0 Å². The van der Waals surface area contributed by atoms with E-state index in [-0.39, 0.29) is 30.1 Å². The molecule has 0 aromatic heterocycles. The van der Waals surface area contributed by atoms with Crippen molar-refractivity contribution in [2.45, 2.75) is 25.7 Å². The third kappa shape index (κ3) is 14.1. The first-order chi connectivity index (χ1) is 9.04. The summed E-state index contributed by atoms with van der Waals surface area (Å²) in [5.74, 6) is -1.52. The van der Waals surface area contributed by atoms with Crippen LogP contribution in [0.1, 0.15) is 25.7 Å². The van der Waals surface area contributed by atoms with Crippen LogP contribution in [0.15, 0.2) is 0 Å². The van der Waals surface area contributed by atoms with Crippen LogP contribution in [0.25, 0.3) is 0 Å². The topological polar surface area (TPSA) is 74.6 Å². The van der Waals surface area contributed by atoms with Gasteiger partial charge >= 0.3 is 11.9 Å².